The number of H-pyrrole nitrogens is 1. The van der Waals surface area contributed by atoms with Gasteiger partial charge < -0.3 is 5.32 Å². The van der Waals surface area contributed by atoms with Gasteiger partial charge in [0, 0.05) is 18.2 Å². The van der Waals surface area contributed by atoms with Crippen LogP contribution in [0.15, 0.2) is 6.07 Å². The molecular weight excluding hydrogens is 214 g/mol. The highest BCUT2D eigenvalue weighted by Crippen LogP contribution is 2.09. The maximum atomic E-state index is 11.5. The standard InChI is InChI=1S/C13H23N3O/c1-3-4-5-6-7-8-9-13(17)14-12-10-11(2)15-16-12/h10H,3-9H2,1-2H3,(H2,14,15,16,17). The maximum Gasteiger partial charge on any atom is 0.225 e. The lowest BCUT2D eigenvalue weighted by molar-refractivity contribution is -0.116. The molecule has 0 aliphatic rings. The van der Waals surface area contributed by atoms with Crippen LogP contribution in [0.2, 0.25) is 0 Å². The molecule has 4 heteroatoms. The Morgan fingerprint density at radius 1 is 1.29 bits per heavy atom. The Bertz CT molecular complexity index is 333. The van der Waals surface area contributed by atoms with Crippen molar-refractivity contribution >= 4 is 11.7 Å². The lowest BCUT2D eigenvalue weighted by Crippen LogP contribution is -2.11. The topological polar surface area (TPSA) is 57.8 Å². The lowest BCUT2D eigenvalue weighted by atomic mass is 10.1. The number of aromatic nitrogens is 2. The van der Waals surface area contributed by atoms with Gasteiger partial charge in [-0.25, -0.2) is 0 Å². The second kappa shape index (κ2) is 7.87. The Morgan fingerprint density at radius 2 is 2.00 bits per heavy atom. The van der Waals surface area contributed by atoms with Gasteiger partial charge >= 0.3 is 0 Å². The summed E-state index contributed by atoms with van der Waals surface area (Å²) in [5, 5.41) is 9.55. The van der Waals surface area contributed by atoms with E-state index in [2.05, 4.69) is 22.4 Å². The highest BCUT2D eigenvalue weighted by molar-refractivity contribution is 5.89. The zero-order valence-electron chi connectivity index (χ0n) is 10.9. The first-order valence-electron chi connectivity index (χ1n) is 6.54. The van der Waals surface area contributed by atoms with Crippen molar-refractivity contribution in [3.63, 3.8) is 0 Å². The minimum absolute atomic E-state index is 0.0620. The summed E-state index contributed by atoms with van der Waals surface area (Å²) in [5.74, 6) is 0.686. The highest BCUT2D eigenvalue weighted by Gasteiger charge is 2.04. The molecule has 0 unspecified atom stereocenters. The largest absolute Gasteiger partial charge is 0.309 e. The predicted molar refractivity (Wildman–Crippen MR) is 69.9 cm³/mol. The van der Waals surface area contributed by atoms with Crippen LogP contribution >= 0.6 is 0 Å². The van der Waals surface area contributed by atoms with E-state index >= 15 is 0 Å². The minimum Gasteiger partial charge on any atom is -0.309 e. The number of nitrogens with one attached hydrogen (secondary N) is 2. The van der Waals surface area contributed by atoms with Gasteiger partial charge in [0.05, 0.1) is 0 Å². The Hall–Kier alpha value is -1.32. The smallest absolute Gasteiger partial charge is 0.225 e. The molecule has 0 aliphatic heterocycles. The first-order valence-corrected chi connectivity index (χ1v) is 6.54. The number of hydrogen-bond acceptors (Lipinski definition) is 2. The fraction of sp³-hybridized carbons (Fsp3) is 0.692. The third-order valence-electron chi connectivity index (χ3n) is 2.73. The molecule has 1 heterocycles. The van der Waals surface area contributed by atoms with Gasteiger partial charge in [-0.05, 0) is 13.3 Å². The van der Waals surface area contributed by atoms with Crippen molar-refractivity contribution in [2.24, 2.45) is 0 Å². The summed E-state index contributed by atoms with van der Waals surface area (Å²) in [7, 11) is 0. The number of carbonyl (C=O) groups is 1. The van der Waals surface area contributed by atoms with Crippen LogP contribution in [-0.2, 0) is 4.79 Å². The van der Waals surface area contributed by atoms with Crippen LogP contribution in [0.1, 0.15) is 57.6 Å². The van der Waals surface area contributed by atoms with Crippen molar-refractivity contribution in [3.8, 4) is 0 Å². The summed E-state index contributed by atoms with van der Waals surface area (Å²) in [5.41, 5.74) is 0.958. The molecule has 1 amide bonds. The number of rotatable bonds is 8. The monoisotopic (exact) mass is 237 g/mol. The van der Waals surface area contributed by atoms with Crippen molar-refractivity contribution in [2.75, 3.05) is 5.32 Å². The Labute approximate surface area is 103 Å². The van der Waals surface area contributed by atoms with Gasteiger partial charge in [0.2, 0.25) is 5.91 Å². The van der Waals surface area contributed by atoms with Gasteiger partial charge in [0.1, 0.15) is 0 Å². The number of aromatic amines is 1. The van der Waals surface area contributed by atoms with Gasteiger partial charge in [-0.1, -0.05) is 39.0 Å². The van der Waals surface area contributed by atoms with Crippen molar-refractivity contribution < 1.29 is 4.79 Å². The third kappa shape index (κ3) is 6.09. The van der Waals surface area contributed by atoms with Gasteiger partial charge in [-0.3, -0.25) is 9.89 Å². The molecule has 0 aliphatic carbocycles. The molecule has 96 valence electrons. The molecule has 0 radical (unpaired) electrons. The molecule has 0 atom stereocenters. The number of amides is 1. The van der Waals surface area contributed by atoms with Gasteiger partial charge in [0.25, 0.3) is 0 Å². The Morgan fingerprint density at radius 3 is 2.65 bits per heavy atom. The number of anilines is 1. The van der Waals surface area contributed by atoms with Crippen LogP contribution in [0.5, 0.6) is 0 Å². The first-order chi connectivity index (χ1) is 8.22. The van der Waals surface area contributed by atoms with Crippen molar-refractivity contribution in [1.82, 2.24) is 10.2 Å². The van der Waals surface area contributed by atoms with E-state index in [1.165, 1.54) is 25.7 Å². The van der Waals surface area contributed by atoms with Crippen LogP contribution in [0.25, 0.3) is 0 Å². The summed E-state index contributed by atoms with van der Waals surface area (Å²) in [4.78, 5) is 11.5. The molecule has 0 aromatic carbocycles. The molecule has 1 rings (SSSR count). The normalized spacial score (nSPS) is 10.5. The Kier molecular flexibility index (Phi) is 6.37. The summed E-state index contributed by atoms with van der Waals surface area (Å²) in [6.45, 7) is 4.12. The number of hydrogen-bond donors (Lipinski definition) is 2. The minimum atomic E-state index is 0.0620. The zero-order chi connectivity index (χ0) is 12.5. The van der Waals surface area contributed by atoms with Gasteiger partial charge in [-0.15, -0.1) is 0 Å². The molecule has 2 N–H and O–H groups in total. The second-order valence-electron chi connectivity index (χ2n) is 4.50. The molecule has 0 spiro atoms. The van der Waals surface area contributed by atoms with E-state index < -0.39 is 0 Å². The van der Waals surface area contributed by atoms with E-state index in [1.807, 2.05) is 13.0 Å². The van der Waals surface area contributed by atoms with Crippen LogP contribution in [-0.4, -0.2) is 16.1 Å². The molecule has 1 aromatic rings. The summed E-state index contributed by atoms with van der Waals surface area (Å²) < 4.78 is 0. The average Bonchev–Trinajstić information content (AvgIpc) is 2.69. The van der Waals surface area contributed by atoms with Crippen molar-refractivity contribution in [2.45, 2.75) is 58.8 Å². The molecule has 1 aromatic heterocycles. The maximum absolute atomic E-state index is 11.5. The van der Waals surface area contributed by atoms with Crippen molar-refractivity contribution in [1.29, 1.82) is 0 Å². The molecule has 17 heavy (non-hydrogen) atoms. The average molecular weight is 237 g/mol. The molecular formula is C13H23N3O. The quantitative estimate of drug-likeness (QED) is 0.681. The van der Waals surface area contributed by atoms with E-state index in [9.17, 15) is 4.79 Å². The number of nitrogens with zero attached hydrogens (tertiary/aromatic N) is 1. The van der Waals surface area contributed by atoms with E-state index in [0.717, 1.165) is 18.5 Å². The molecule has 0 saturated heterocycles. The van der Waals surface area contributed by atoms with Crippen LogP contribution < -0.4 is 5.32 Å². The fourth-order valence-corrected chi connectivity index (χ4v) is 1.75. The summed E-state index contributed by atoms with van der Waals surface area (Å²) in [6, 6.07) is 1.83. The first kappa shape index (κ1) is 13.7. The summed E-state index contributed by atoms with van der Waals surface area (Å²) >= 11 is 0. The number of unbranched alkanes of at least 4 members (excludes halogenated alkanes) is 5. The van der Waals surface area contributed by atoms with Gasteiger partial charge in [0.15, 0.2) is 5.82 Å². The van der Waals surface area contributed by atoms with Crippen LogP contribution in [0.3, 0.4) is 0 Å². The SMILES string of the molecule is CCCCCCCCC(=O)Nc1cc(C)[nH]n1. The second-order valence-corrected chi connectivity index (χ2v) is 4.50. The fourth-order valence-electron chi connectivity index (χ4n) is 1.75. The highest BCUT2D eigenvalue weighted by atomic mass is 16.1. The lowest BCUT2D eigenvalue weighted by Gasteiger charge is -2.02. The molecule has 0 bridgehead atoms. The molecule has 0 saturated carbocycles. The molecule has 4 nitrogen and oxygen atoms in total. The van der Waals surface area contributed by atoms with E-state index in [1.54, 1.807) is 0 Å². The van der Waals surface area contributed by atoms with E-state index in [-0.39, 0.29) is 5.91 Å². The van der Waals surface area contributed by atoms with E-state index in [4.69, 9.17) is 0 Å². The van der Waals surface area contributed by atoms with E-state index in [0.29, 0.717) is 12.2 Å². The third-order valence-corrected chi connectivity index (χ3v) is 2.73. The van der Waals surface area contributed by atoms with Crippen molar-refractivity contribution in [3.05, 3.63) is 11.8 Å². The predicted octanol–water partition coefficient (Wildman–Crippen LogP) is 3.41. The van der Waals surface area contributed by atoms with Gasteiger partial charge in [-0.2, -0.15) is 5.10 Å². The summed E-state index contributed by atoms with van der Waals surface area (Å²) in [6.07, 6.45) is 7.81. The number of aryl methyl sites for hydroxylation is 1. The van der Waals surface area contributed by atoms with Crippen LogP contribution in [0, 0.1) is 6.92 Å². The van der Waals surface area contributed by atoms with Crippen LogP contribution in [0.4, 0.5) is 5.82 Å². The zero-order valence-corrected chi connectivity index (χ0v) is 10.9. The number of carbonyl (C=O) groups excluding carboxylic acids is 1. The molecule has 0 fully saturated rings. The Balaban J connectivity index is 2.05.